The molecular weight excluding hydrogens is 450 g/mol. The van der Waals surface area contributed by atoms with Gasteiger partial charge in [0.25, 0.3) is 0 Å². The summed E-state index contributed by atoms with van der Waals surface area (Å²) in [4.78, 5) is 4.10. The Labute approximate surface area is 162 Å². The van der Waals surface area contributed by atoms with Crippen LogP contribution in [-0.4, -0.2) is 45.0 Å². The highest BCUT2D eigenvalue weighted by Crippen LogP contribution is 2.22. The van der Waals surface area contributed by atoms with Crippen LogP contribution in [0.15, 0.2) is 29.3 Å². The van der Waals surface area contributed by atoms with E-state index in [4.69, 9.17) is 9.47 Å². The topological polar surface area (TPSA) is 54.9 Å². The normalized spacial score (nSPS) is 17.8. The Balaban J connectivity index is 0.00000312. The number of alkyl halides is 3. The molecule has 0 bridgehead atoms. The molecule has 0 aromatic heterocycles. The van der Waals surface area contributed by atoms with E-state index in [1.807, 2.05) is 0 Å². The van der Waals surface area contributed by atoms with Crippen LogP contribution in [0.5, 0.6) is 5.75 Å². The van der Waals surface area contributed by atoms with Gasteiger partial charge in [-0.15, -0.1) is 24.0 Å². The summed E-state index contributed by atoms with van der Waals surface area (Å²) in [6, 6.07) is 6.62. The largest absolute Gasteiger partial charge is 0.484 e. The van der Waals surface area contributed by atoms with Crippen molar-refractivity contribution in [1.82, 2.24) is 10.6 Å². The molecule has 1 saturated heterocycles. The van der Waals surface area contributed by atoms with Crippen LogP contribution in [0.2, 0.25) is 0 Å². The van der Waals surface area contributed by atoms with Crippen molar-refractivity contribution in [2.24, 2.45) is 4.99 Å². The highest BCUT2D eigenvalue weighted by atomic mass is 127. The minimum absolute atomic E-state index is 0. The fourth-order valence-electron chi connectivity index (χ4n) is 2.37. The molecule has 2 N–H and O–H groups in total. The van der Waals surface area contributed by atoms with Gasteiger partial charge in [-0.2, -0.15) is 13.2 Å². The SMILES string of the molecule is CN=C(NCc1ccccc1OCC(F)(F)F)NCC1CCCO1.I. The van der Waals surface area contributed by atoms with Gasteiger partial charge in [0.2, 0.25) is 0 Å². The Morgan fingerprint density at radius 3 is 2.72 bits per heavy atom. The second kappa shape index (κ2) is 10.7. The highest BCUT2D eigenvalue weighted by molar-refractivity contribution is 14.0. The first-order valence-electron chi connectivity index (χ1n) is 7.81. The molecule has 25 heavy (non-hydrogen) atoms. The lowest BCUT2D eigenvalue weighted by molar-refractivity contribution is -0.153. The summed E-state index contributed by atoms with van der Waals surface area (Å²) in [6.07, 6.45) is -2.12. The van der Waals surface area contributed by atoms with E-state index in [0.29, 0.717) is 24.6 Å². The van der Waals surface area contributed by atoms with Crippen molar-refractivity contribution in [1.29, 1.82) is 0 Å². The van der Waals surface area contributed by atoms with E-state index in [-0.39, 0.29) is 35.8 Å². The molecule has 0 aliphatic carbocycles. The number of hydrogen-bond donors (Lipinski definition) is 2. The molecule has 1 heterocycles. The van der Waals surface area contributed by atoms with Crippen molar-refractivity contribution in [2.75, 3.05) is 26.8 Å². The maximum absolute atomic E-state index is 12.3. The lowest BCUT2D eigenvalue weighted by Gasteiger charge is -2.17. The predicted molar refractivity (Wildman–Crippen MR) is 101 cm³/mol. The predicted octanol–water partition coefficient (Wildman–Crippen LogP) is 3.09. The molecule has 5 nitrogen and oxygen atoms in total. The third kappa shape index (κ3) is 8.13. The minimum Gasteiger partial charge on any atom is -0.484 e. The van der Waals surface area contributed by atoms with E-state index >= 15 is 0 Å². The van der Waals surface area contributed by atoms with Gasteiger partial charge in [-0.1, -0.05) is 18.2 Å². The molecular formula is C16H23F3IN3O2. The molecule has 0 saturated carbocycles. The molecule has 1 aromatic rings. The summed E-state index contributed by atoms with van der Waals surface area (Å²) in [6.45, 7) is 0.420. The molecule has 0 spiro atoms. The average Bonchev–Trinajstić information content (AvgIpc) is 3.06. The zero-order valence-electron chi connectivity index (χ0n) is 13.9. The van der Waals surface area contributed by atoms with E-state index in [1.54, 1.807) is 25.2 Å². The zero-order chi connectivity index (χ0) is 17.4. The second-order valence-corrected chi connectivity index (χ2v) is 5.45. The Kier molecular flexibility index (Phi) is 9.33. The second-order valence-electron chi connectivity index (χ2n) is 5.45. The summed E-state index contributed by atoms with van der Waals surface area (Å²) in [7, 11) is 1.64. The third-order valence-corrected chi connectivity index (χ3v) is 3.56. The van der Waals surface area contributed by atoms with Crippen LogP contribution >= 0.6 is 24.0 Å². The number of aliphatic imine (C=N–C) groups is 1. The Morgan fingerprint density at radius 2 is 2.08 bits per heavy atom. The van der Waals surface area contributed by atoms with Gasteiger partial charge in [-0.05, 0) is 18.9 Å². The van der Waals surface area contributed by atoms with Gasteiger partial charge < -0.3 is 20.1 Å². The fourth-order valence-corrected chi connectivity index (χ4v) is 2.37. The summed E-state index contributed by atoms with van der Waals surface area (Å²) < 4.78 is 47.3. The highest BCUT2D eigenvalue weighted by Gasteiger charge is 2.28. The van der Waals surface area contributed by atoms with Crippen molar-refractivity contribution in [2.45, 2.75) is 31.7 Å². The van der Waals surface area contributed by atoms with Crippen LogP contribution in [0.25, 0.3) is 0 Å². The van der Waals surface area contributed by atoms with Crippen LogP contribution in [0.1, 0.15) is 18.4 Å². The summed E-state index contributed by atoms with van der Waals surface area (Å²) >= 11 is 0. The molecule has 1 atom stereocenters. The summed E-state index contributed by atoms with van der Waals surface area (Å²) in [5.41, 5.74) is 0.627. The van der Waals surface area contributed by atoms with Gasteiger partial charge >= 0.3 is 6.18 Å². The molecule has 1 unspecified atom stereocenters. The summed E-state index contributed by atoms with van der Waals surface area (Å²) in [5, 5.41) is 6.22. The Bertz CT molecular complexity index is 550. The first-order chi connectivity index (χ1) is 11.5. The molecule has 1 aliphatic heterocycles. The van der Waals surface area contributed by atoms with Crippen molar-refractivity contribution >= 4 is 29.9 Å². The Morgan fingerprint density at radius 1 is 1.32 bits per heavy atom. The number of nitrogens with one attached hydrogen (secondary N) is 2. The molecule has 1 aromatic carbocycles. The fraction of sp³-hybridized carbons (Fsp3) is 0.562. The van der Waals surface area contributed by atoms with Gasteiger partial charge in [-0.3, -0.25) is 4.99 Å². The van der Waals surface area contributed by atoms with Crippen molar-refractivity contribution in [3.63, 3.8) is 0 Å². The van der Waals surface area contributed by atoms with Crippen LogP contribution in [0.3, 0.4) is 0 Å². The number of halogens is 4. The molecule has 142 valence electrons. The number of guanidine groups is 1. The number of para-hydroxylation sites is 1. The van der Waals surface area contributed by atoms with Crippen LogP contribution in [0, 0.1) is 0 Å². The standard InChI is InChI=1S/C16H22F3N3O2.HI/c1-20-15(22-10-13-6-4-8-23-13)21-9-12-5-2-3-7-14(12)24-11-16(17,18)19;/h2-3,5,7,13H,4,6,8-11H2,1H3,(H2,20,21,22);1H. The average molecular weight is 473 g/mol. The molecule has 1 fully saturated rings. The lowest BCUT2D eigenvalue weighted by atomic mass is 10.2. The van der Waals surface area contributed by atoms with Crippen LogP contribution < -0.4 is 15.4 Å². The van der Waals surface area contributed by atoms with E-state index in [1.165, 1.54) is 6.07 Å². The molecule has 2 rings (SSSR count). The van der Waals surface area contributed by atoms with Crippen molar-refractivity contribution < 1.29 is 22.6 Å². The van der Waals surface area contributed by atoms with E-state index in [0.717, 1.165) is 19.4 Å². The molecule has 9 heteroatoms. The van der Waals surface area contributed by atoms with Crippen LogP contribution in [-0.2, 0) is 11.3 Å². The van der Waals surface area contributed by atoms with Crippen molar-refractivity contribution in [3.05, 3.63) is 29.8 Å². The van der Waals surface area contributed by atoms with Crippen molar-refractivity contribution in [3.8, 4) is 5.75 Å². The van der Waals surface area contributed by atoms with Gasteiger partial charge in [0, 0.05) is 32.3 Å². The number of rotatable bonds is 6. The summed E-state index contributed by atoms with van der Waals surface area (Å²) in [5.74, 6) is 0.771. The first-order valence-corrected chi connectivity index (χ1v) is 7.81. The number of ether oxygens (including phenoxy) is 2. The first kappa shape index (κ1) is 21.8. The maximum Gasteiger partial charge on any atom is 0.422 e. The minimum atomic E-state index is -4.36. The number of hydrogen-bond acceptors (Lipinski definition) is 3. The number of benzene rings is 1. The van der Waals surface area contributed by atoms with E-state index < -0.39 is 12.8 Å². The smallest absolute Gasteiger partial charge is 0.422 e. The van der Waals surface area contributed by atoms with E-state index in [2.05, 4.69) is 15.6 Å². The lowest BCUT2D eigenvalue weighted by Crippen LogP contribution is -2.40. The Hall–Kier alpha value is -1.23. The maximum atomic E-state index is 12.3. The van der Waals surface area contributed by atoms with Gasteiger partial charge in [0.05, 0.1) is 6.10 Å². The quantitative estimate of drug-likeness (QED) is 0.379. The molecule has 0 radical (unpaired) electrons. The zero-order valence-corrected chi connectivity index (χ0v) is 16.3. The van der Waals surface area contributed by atoms with Gasteiger partial charge in [0.1, 0.15) is 5.75 Å². The van der Waals surface area contributed by atoms with Gasteiger partial charge in [0.15, 0.2) is 12.6 Å². The van der Waals surface area contributed by atoms with E-state index in [9.17, 15) is 13.2 Å². The molecule has 0 amide bonds. The monoisotopic (exact) mass is 473 g/mol. The van der Waals surface area contributed by atoms with Gasteiger partial charge in [-0.25, -0.2) is 0 Å². The van der Waals surface area contributed by atoms with Crippen LogP contribution in [0.4, 0.5) is 13.2 Å². The number of nitrogens with zero attached hydrogens (tertiary/aromatic N) is 1. The molecule has 1 aliphatic rings. The third-order valence-electron chi connectivity index (χ3n) is 3.56.